The van der Waals surface area contributed by atoms with E-state index in [1.807, 2.05) is 84.9 Å². The van der Waals surface area contributed by atoms with Gasteiger partial charge in [0.1, 0.15) is 0 Å². The summed E-state index contributed by atoms with van der Waals surface area (Å²) in [4.78, 5) is 25.6. The zero-order valence-corrected chi connectivity index (χ0v) is 22.0. The molecule has 4 aromatic carbocycles. The van der Waals surface area contributed by atoms with Crippen molar-refractivity contribution >= 4 is 21.9 Å². The van der Waals surface area contributed by atoms with Crippen LogP contribution in [0.4, 0.5) is 0 Å². The average Bonchev–Trinajstić information content (AvgIpc) is 2.99. The van der Waals surface area contributed by atoms with Gasteiger partial charge in [0.05, 0.1) is 16.5 Å². The molecule has 1 aliphatic rings. The maximum Gasteiger partial charge on any atom is 0.338 e. The molecule has 0 atom stereocenters. The lowest BCUT2D eigenvalue weighted by Gasteiger charge is -2.28. The molecule has 1 amide bonds. The Hall–Kier alpha value is -4.27. The molecule has 8 heteroatoms. The molecule has 1 N–H and O–H groups in total. The second-order valence-electron chi connectivity index (χ2n) is 9.28. The average molecular weight is 541 g/mol. The monoisotopic (exact) mass is 540 g/mol. The first-order valence-corrected chi connectivity index (χ1v) is 14.1. The van der Waals surface area contributed by atoms with E-state index in [2.05, 4.69) is 5.32 Å². The highest BCUT2D eigenvalue weighted by atomic mass is 32.2. The fourth-order valence-electron chi connectivity index (χ4n) is 4.67. The van der Waals surface area contributed by atoms with Crippen LogP contribution in [0.1, 0.15) is 38.7 Å². The zero-order chi connectivity index (χ0) is 27.2. The van der Waals surface area contributed by atoms with Crippen molar-refractivity contribution < 1.29 is 22.7 Å². The molecule has 1 aliphatic heterocycles. The van der Waals surface area contributed by atoms with E-state index in [0.29, 0.717) is 13.0 Å². The van der Waals surface area contributed by atoms with Crippen molar-refractivity contribution in [3.8, 4) is 0 Å². The molecular formula is C31H28N2O5S. The fourth-order valence-corrected chi connectivity index (χ4v) is 6.14. The van der Waals surface area contributed by atoms with Crippen LogP contribution < -0.4 is 5.32 Å². The lowest BCUT2D eigenvalue weighted by molar-refractivity contribution is -0.124. The Labute approximate surface area is 228 Å². The minimum absolute atomic E-state index is 0.00834. The van der Waals surface area contributed by atoms with Crippen molar-refractivity contribution in [1.82, 2.24) is 9.62 Å². The van der Waals surface area contributed by atoms with Gasteiger partial charge < -0.3 is 10.1 Å². The van der Waals surface area contributed by atoms with Crippen molar-refractivity contribution in [3.05, 3.63) is 137 Å². The second kappa shape index (κ2) is 11.6. The second-order valence-corrected chi connectivity index (χ2v) is 11.2. The van der Waals surface area contributed by atoms with E-state index in [1.165, 1.54) is 28.6 Å². The Morgan fingerprint density at radius 2 is 1.41 bits per heavy atom. The van der Waals surface area contributed by atoms with Crippen molar-refractivity contribution in [2.24, 2.45) is 0 Å². The smallest absolute Gasteiger partial charge is 0.338 e. The Bertz CT molecular complexity index is 1530. The number of benzene rings is 4. The molecule has 0 saturated carbocycles. The first kappa shape index (κ1) is 26.3. The summed E-state index contributed by atoms with van der Waals surface area (Å²) in [6, 6.07) is 32.1. The molecule has 39 heavy (non-hydrogen) atoms. The highest BCUT2D eigenvalue weighted by Gasteiger charge is 2.29. The van der Waals surface area contributed by atoms with Gasteiger partial charge in [-0.05, 0) is 46.9 Å². The topological polar surface area (TPSA) is 92.8 Å². The van der Waals surface area contributed by atoms with Gasteiger partial charge >= 0.3 is 5.97 Å². The molecule has 0 unspecified atom stereocenters. The van der Waals surface area contributed by atoms with E-state index in [4.69, 9.17) is 4.74 Å². The zero-order valence-electron chi connectivity index (χ0n) is 21.2. The first-order chi connectivity index (χ1) is 18.9. The molecule has 0 saturated heterocycles. The Morgan fingerprint density at radius 3 is 2.08 bits per heavy atom. The molecule has 0 fully saturated rings. The summed E-state index contributed by atoms with van der Waals surface area (Å²) in [5.41, 5.74) is 3.95. The van der Waals surface area contributed by atoms with E-state index in [0.717, 1.165) is 22.3 Å². The Balaban J connectivity index is 1.25. The summed E-state index contributed by atoms with van der Waals surface area (Å²) < 4.78 is 33.4. The molecule has 0 aliphatic carbocycles. The van der Waals surface area contributed by atoms with Crippen LogP contribution in [0.2, 0.25) is 0 Å². The summed E-state index contributed by atoms with van der Waals surface area (Å²) in [7, 11) is -3.82. The quantitative estimate of drug-likeness (QED) is 0.333. The largest absolute Gasteiger partial charge is 0.452 e. The SMILES string of the molecule is O=C(COC(=O)c1cccc(S(=O)(=O)N2CCc3ccccc3C2)c1)NC(c1ccccc1)c1ccccc1. The van der Waals surface area contributed by atoms with Crippen molar-refractivity contribution in [3.63, 3.8) is 0 Å². The number of ether oxygens (including phenoxy) is 1. The highest BCUT2D eigenvalue weighted by Crippen LogP contribution is 2.26. The summed E-state index contributed by atoms with van der Waals surface area (Å²) in [6.07, 6.45) is 0.624. The number of hydrogen-bond donors (Lipinski definition) is 1. The summed E-state index contributed by atoms with van der Waals surface area (Å²) in [5.74, 6) is -1.25. The first-order valence-electron chi connectivity index (χ1n) is 12.7. The molecule has 1 heterocycles. The van der Waals surface area contributed by atoms with E-state index in [-0.39, 0.29) is 17.0 Å². The number of esters is 1. The molecule has 7 nitrogen and oxygen atoms in total. The maximum absolute atomic E-state index is 13.3. The number of amides is 1. The van der Waals surface area contributed by atoms with Gasteiger partial charge in [0.25, 0.3) is 5.91 Å². The number of hydrogen-bond acceptors (Lipinski definition) is 5. The summed E-state index contributed by atoms with van der Waals surface area (Å²) in [6.45, 7) is 0.129. The number of nitrogens with zero attached hydrogens (tertiary/aromatic N) is 1. The molecule has 0 bridgehead atoms. The summed E-state index contributed by atoms with van der Waals surface area (Å²) >= 11 is 0. The minimum Gasteiger partial charge on any atom is -0.452 e. The van der Waals surface area contributed by atoms with Gasteiger partial charge in [-0.15, -0.1) is 0 Å². The van der Waals surface area contributed by atoms with Gasteiger partial charge in [0, 0.05) is 13.1 Å². The van der Waals surface area contributed by atoms with Crippen LogP contribution >= 0.6 is 0 Å². The van der Waals surface area contributed by atoms with E-state index in [9.17, 15) is 18.0 Å². The molecule has 0 aromatic heterocycles. The van der Waals surface area contributed by atoms with Gasteiger partial charge in [0.15, 0.2) is 6.61 Å². The Kier molecular flexibility index (Phi) is 7.86. The predicted molar refractivity (Wildman–Crippen MR) is 147 cm³/mol. The predicted octanol–water partition coefficient (Wildman–Crippen LogP) is 4.50. The Morgan fingerprint density at radius 1 is 0.795 bits per heavy atom. The lowest BCUT2D eigenvalue weighted by Crippen LogP contribution is -2.36. The van der Waals surface area contributed by atoms with Crippen molar-refractivity contribution in [2.45, 2.75) is 23.9 Å². The molecule has 4 aromatic rings. The minimum atomic E-state index is -3.82. The van der Waals surface area contributed by atoms with Crippen molar-refractivity contribution in [1.29, 1.82) is 0 Å². The summed E-state index contributed by atoms with van der Waals surface area (Å²) in [5, 5.41) is 2.92. The van der Waals surface area contributed by atoms with Crippen LogP contribution in [-0.4, -0.2) is 37.8 Å². The van der Waals surface area contributed by atoms with Gasteiger partial charge in [-0.3, -0.25) is 4.79 Å². The van der Waals surface area contributed by atoms with E-state index >= 15 is 0 Å². The van der Waals surface area contributed by atoms with Gasteiger partial charge in [-0.2, -0.15) is 4.31 Å². The van der Waals surface area contributed by atoms with Crippen molar-refractivity contribution in [2.75, 3.05) is 13.2 Å². The number of carbonyl (C=O) groups is 2. The van der Waals surface area contributed by atoms with Crippen LogP contribution in [0.15, 0.2) is 114 Å². The molecule has 0 spiro atoms. The molecule has 0 radical (unpaired) electrons. The molecule has 5 rings (SSSR count). The standard InChI is InChI=1S/C31H28N2O5S/c34-29(32-30(24-11-3-1-4-12-24)25-13-5-2-6-14-25)22-38-31(35)26-16-9-17-28(20-26)39(36,37)33-19-18-23-10-7-8-15-27(23)21-33/h1-17,20,30H,18-19,21-22H2,(H,32,34). The normalized spacial score (nSPS) is 13.5. The maximum atomic E-state index is 13.3. The van der Waals surface area contributed by atoms with Crippen LogP contribution in [-0.2, 0) is 32.5 Å². The number of rotatable bonds is 8. The number of sulfonamides is 1. The number of nitrogens with one attached hydrogen (secondary N) is 1. The van der Waals surface area contributed by atoms with Crippen LogP contribution in [0.3, 0.4) is 0 Å². The van der Waals surface area contributed by atoms with E-state index in [1.54, 1.807) is 0 Å². The van der Waals surface area contributed by atoms with Gasteiger partial charge in [0.2, 0.25) is 10.0 Å². The van der Waals surface area contributed by atoms with Gasteiger partial charge in [-0.25, -0.2) is 13.2 Å². The van der Waals surface area contributed by atoms with Crippen LogP contribution in [0, 0.1) is 0 Å². The van der Waals surface area contributed by atoms with Gasteiger partial charge in [-0.1, -0.05) is 91.0 Å². The third kappa shape index (κ3) is 6.08. The van der Waals surface area contributed by atoms with Crippen LogP contribution in [0.25, 0.3) is 0 Å². The highest BCUT2D eigenvalue weighted by molar-refractivity contribution is 7.89. The third-order valence-electron chi connectivity index (χ3n) is 6.71. The van der Waals surface area contributed by atoms with E-state index < -0.39 is 34.5 Å². The number of carbonyl (C=O) groups excluding carboxylic acids is 2. The third-order valence-corrected chi connectivity index (χ3v) is 8.55. The number of fused-ring (bicyclic) bond motifs is 1. The fraction of sp³-hybridized carbons (Fsp3) is 0.161. The molecule has 198 valence electrons. The molecular weight excluding hydrogens is 512 g/mol. The van der Waals surface area contributed by atoms with Crippen LogP contribution in [0.5, 0.6) is 0 Å². The lowest BCUT2D eigenvalue weighted by atomic mass is 9.99.